The molecule has 0 atom stereocenters. The third-order valence-corrected chi connectivity index (χ3v) is 4.23. The first kappa shape index (κ1) is 18.7. The molecule has 27 heavy (non-hydrogen) atoms. The average Bonchev–Trinajstić information content (AvgIpc) is 3.13. The highest BCUT2D eigenvalue weighted by molar-refractivity contribution is 6.31. The number of anilines is 1. The van der Waals surface area contributed by atoms with E-state index >= 15 is 0 Å². The van der Waals surface area contributed by atoms with Crippen molar-refractivity contribution >= 4 is 23.3 Å². The van der Waals surface area contributed by atoms with Gasteiger partial charge in [-0.2, -0.15) is 0 Å². The topological polar surface area (TPSA) is 81.1 Å². The average molecular weight is 386 g/mol. The Morgan fingerprint density at radius 1 is 1.22 bits per heavy atom. The summed E-state index contributed by atoms with van der Waals surface area (Å²) in [5.74, 6) is 1.21. The summed E-state index contributed by atoms with van der Waals surface area (Å²) in [5, 5.41) is 14.0. The molecular formula is C19H20ClN5O2. The summed E-state index contributed by atoms with van der Waals surface area (Å²) in [6, 6.07) is 14.8. The lowest BCUT2D eigenvalue weighted by Gasteiger charge is -2.12. The second-order valence-corrected chi connectivity index (χ2v) is 6.26. The van der Waals surface area contributed by atoms with Crippen LogP contribution in [0.15, 0.2) is 54.9 Å². The van der Waals surface area contributed by atoms with Gasteiger partial charge < -0.3 is 19.9 Å². The number of nitrogens with zero attached hydrogens (tertiary/aromatic N) is 3. The number of halogens is 1. The summed E-state index contributed by atoms with van der Waals surface area (Å²) in [4.78, 5) is 12.2. The number of aryl methyl sites for hydroxylation is 2. The van der Waals surface area contributed by atoms with Crippen molar-refractivity contribution in [1.29, 1.82) is 0 Å². The van der Waals surface area contributed by atoms with Gasteiger partial charge in [-0.15, -0.1) is 10.2 Å². The fourth-order valence-electron chi connectivity index (χ4n) is 2.60. The van der Waals surface area contributed by atoms with E-state index in [4.69, 9.17) is 16.3 Å². The first-order valence-corrected chi connectivity index (χ1v) is 8.82. The second kappa shape index (κ2) is 9.05. The van der Waals surface area contributed by atoms with Crippen LogP contribution in [0.2, 0.25) is 5.02 Å². The molecule has 7 nitrogen and oxygen atoms in total. The van der Waals surface area contributed by atoms with Crippen LogP contribution in [0.25, 0.3) is 0 Å². The predicted octanol–water partition coefficient (Wildman–Crippen LogP) is 3.50. The van der Waals surface area contributed by atoms with Gasteiger partial charge in [0.1, 0.15) is 12.1 Å². The number of hydrogen-bond acceptors (Lipinski definition) is 4. The number of hydrogen-bond donors (Lipinski definition) is 2. The van der Waals surface area contributed by atoms with Gasteiger partial charge in [0.25, 0.3) is 0 Å². The van der Waals surface area contributed by atoms with Crippen molar-refractivity contribution < 1.29 is 9.53 Å². The minimum Gasteiger partial charge on any atom is -0.495 e. The highest BCUT2D eigenvalue weighted by atomic mass is 35.5. The number of carbonyl (C=O) groups excluding carboxylic acids is 1. The monoisotopic (exact) mass is 385 g/mol. The number of ether oxygens (including phenoxy) is 1. The molecule has 0 aliphatic rings. The Labute approximate surface area is 162 Å². The van der Waals surface area contributed by atoms with Gasteiger partial charge in [-0.05, 0) is 30.2 Å². The molecule has 0 spiro atoms. The number of aromatic nitrogens is 3. The minimum absolute atomic E-state index is 0.253. The van der Waals surface area contributed by atoms with Gasteiger partial charge in [-0.25, -0.2) is 4.79 Å². The van der Waals surface area contributed by atoms with Crippen molar-refractivity contribution in [1.82, 2.24) is 20.1 Å². The van der Waals surface area contributed by atoms with Crippen molar-refractivity contribution in [2.45, 2.75) is 19.5 Å². The first-order valence-electron chi connectivity index (χ1n) is 8.44. The molecule has 3 aromatic rings. The van der Waals surface area contributed by atoms with E-state index in [1.54, 1.807) is 24.5 Å². The highest BCUT2D eigenvalue weighted by Gasteiger charge is 2.10. The third-order valence-electron chi connectivity index (χ3n) is 4.00. The number of amides is 2. The summed E-state index contributed by atoms with van der Waals surface area (Å²) >= 11 is 5.97. The molecule has 0 radical (unpaired) electrons. The summed E-state index contributed by atoms with van der Waals surface area (Å²) in [7, 11) is 1.53. The number of nitrogens with one attached hydrogen (secondary N) is 2. The molecule has 0 unspecified atom stereocenters. The van der Waals surface area contributed by atoms with E-state index in [1.165, 1.54) is 12.7 Å². The Balaban J connectivity index is 1.55. The van der Waals surface area contributed by atoms with E-state index in [0.29, 0.717) is 22.3 Å². The van der Waals surface area contributed by atoms with Crippen LogP contribution in [0, 0.1) is 0 Å². The van der Waals surface area contributed by atoms with Crippen LogP contribution in [0.4, 0.5) is 10.5 Å². The van der Waals surface area contributed by atoms with Crippen LogP contribution in [0.5, 0.6) is 5.75 Å². The van der Waals surface area contributed by atoms with E-state index in [9.17, 15) is 4.79 Å². The Kier molecular flexibility index (Phi) is 6.27. The molecule has 0 aliphatic heterocycles. The molecule has 0 saturated heterocycles. The van der Waals surface area contributed by atoms with E-state index in [-0.39, 0.29) is 12.6 Å². The van der Waals surface area contributed by atoms with E-state index in [0.717, 1.165) is 13.0 Å². The molecule has 2 amide bonds. The van der Waals surface area contributed by atoms with Gasteiger partial charge in [0.15, 0.2) is 5.82 Å². The standard InChI is InChI=1S/C19H20ClN5O2/c1-27-17-8-7-15(20)11-16(17)23-19(26)21-12-18-24-22-13-25(18)10-9-14-5-3-2-4-6-14/h2-8,11,13H,9-10,12H2,1H3,(H2,21,23,26). The number of carbonyl (C=O) groups is 1. The molecule has 140 valence electrons. The molecule has 2 N–H and O–H groups in total. The zero-order valence-corrected chi connectivity index (χ0v) is 15.6. The number of benzene rings is 2. The van der Waals surface area contributed by atoms with Gasteiger partial charge in [-0.3, -0.25) is 0 Å². The largest absolute Gasteiger partial charge is 0.495 e. The SMILES string of the molecule is COc1ccc(Cl)cc1NC(=O)NCc1nncn1CCc1ccccc1. The van der Waals surface area contributed by atoms with E-state index < -0.39 is 0 Å². The zero-order chi connectivity index (χ0) is 19.1. The number of methoxy groups -OCH3 is 1. The molecule has 1 heterocycles. The Morgan fingerprint density at radius 2 is 2.04 bits per heavy atom. The maximum atomic E-state index is 12.2. The second-order valence-electron chi connectivity index (χ2n) is 5.83. The fourth-order valence-corrected chi connectivity index (χ4v) is 2.77. The predicted molar refractivity (Wildman–Crippen MR) is 104 cm³/mol. The van der Waals surface area contributed by atoms with Gasteiger partial charge in [0.05, 0.1) is 19.3 Å². The zero-order valence-electron chi connectivity index (χ0n) is 14.9. The van der Waals surface area contributed by atoms with Crippen LogP contribution in [0.1, 0.15) is 11.4 Å². The summed E-state index contributed by atoms with van der Waals surface area (Å²) in [6.07, 6.45) is 2.52. The Hall–Kier alpha value is -3.06. The smallest absolute Gasteiger partial charge is 0.319 e. The van der Waals surface area contributed by atoms with Crippen molar-refractivity contribution in [2.24, 2.45) is 0 Å². The summed E-state index contributed by atoms with van der Waals surface area (Å²) < 4.78 is 7.14. The minimum atomic E-state index is -0.381. The van der Waals surface area contributed by atoms with Crippen LogP contribution in [0.3, 0.4) is 0 Å². The lowest BCUT2D eigenvalue weighted by molar-refractivity contribution is 0.251. The lowest BCUT2D eigenvalue weighted by Crippen LogP contribution is -2.29. The van der Waals surface area contributed by atoms with Crippen molar-refractivity contribution in [3.63, 3.8) is 0 Å². The molecule has 8 heteroatoms. The highest BCUT2D eigenvalue weighted by Crippen LogP contribution is 2.27. The van der Waals surface area contributed by atoms with Gasteiger partial charge >= 0.3 is 6.03 Å². The van der Waals surface area contributed by atoms with Gasteiger partial charge in [-0.1, -0.05) is 41.9 Å². The number of rotatable bonds is 7. The molecule has 0 saturated carbocycles. The van der Waals surface area contributed by atoms with E-state index in [2.05, 4.69) is 33.0 Å². The normalized spacial score (nSPS) is 10.4. The van der Waals surface area contributed by atoms with E-state index in [1.807, 2.05) is 22.8 Å². The lowest BCUT2D eigenvalue weighted by atomic mass is 10.1. The molecule has 0 aliphatic carbocycles. The maximum absolute atomic E-state index is 12.2. The first-order chi connectivity index (χ1) is 13.2. The maximum Gasteiger partial charge on any atom is 0.319 e. The molecule has 3 rings (SSSR count). The van der Waals surface area contributed by atoms with Crippen molar-refractivity contribution in [3.8, 4) is 5.75 Å². The Bertz CT molecular complexity index is 898. The van der Waals surface area contributed by atoms with Crippen LogP contribution >= 0.6 is 11.6 Å². The third kappa shape index (κ3) is 5.21. The van der Waals surface area contributed by atoms with Crippen LogP contribution < -0.4 is 15.4 Å². The molecule has 0 bridgehead atoms. The van der Waals surface area contributed by atoms with Crippen molar-refractivity contribution in [3.05, 3.63) is 71.3 Å². The van der Waals surface area contributed by atoms with Gasteiger partial charge in [0, 0.05) is 11.6 Å². The van der Waals surface area contributed by atoms with Crippen molar-refractivity contribution in [2.75, 3.05) is 12.4 Å². The molecular weight excluding hydrogens is 366 g/mol. The molecule has 0 fully saturated rings. The quantitative estimate of drug-likeness (QED) is 0.652. The fraction of sp³-hybridized carbons (Fsp3) is 0.211. The van der Waals surface area contributed by atoms with Crippen LogP contribution in [-0.4, -0.2) is 27.9 Å². The molecule has 1 aromatic heterocycles. The number of urea groups is 1. The van der Waals surface area contributed by atoms with Crippen LogP contribution in [-0.2, 0) is 19.5 Å². The summed E-state index contributed by atoms with van der Waals surface area (Å²) in [6.45, 7) is 0.987. The van der Waals surface area contributed by atoms with Gasteiger partial charge in [0.2, 0.25) is 0 Å². The Morgan fingerprint density at radius 3 is 2.81 bits per heavy atom. The summed E-state index contributed by atoms with van der Waals surface area (Å²) in [5.41, 5.74) is 1.73. The molecule has 2 aromatic carbocycles.